The van der Waals surface area contributed by atoms with Crippen LogP contribution < -0.4 is 16.0 Å². The summed E-state index contributed by atoms with van der Waals surface area (Å²) >= 11 is 27.5. The molecule has 0 aliphatic carbocycles. The first-order valence-corrected chi connectivity index (χ1v) is 16.8. The molecule has 0 spiro atoms. The Morgan fingerprint density at radius 3 is 2.22 bits per heavy atom. The molecule has 5 aromatic rings. The number of amides is 3. The molecule has 13 heteroatoms. The van der Waals surface area contributed by atoms with Crippen molar-refractivity contribution in [2.45, 2.75) is 4.90 Å². The summed E-state index contributed by atoms with van der Waals surface area (Å²) in [5.41, 5.74) is 2.54. The SMILES string of the molecule is O=C(CSc1ccc(NC(=O)/C(=C/c2c(Cl)cccc2Cl)NC(=O)c2ccccc2)cc1)Nc1nc(-c2ccc(Cl)cc2Cl)cs1. The number of hydrogen-bond acceptors (Lipinski definition) is 6. The average molecular weight is 729 g/mol. The summed E-state index contributed by atoms with van der Waals surface area (Å²) in [7, 11) is 0. The van der Waals surface area contributed by atoms with E-state index in [-0.39, 0.29) is 17.4 Å². The van der Waals surface area contributed by atoms with Crippen molar-refractivity contribution in [1.29, 1.82) is 0 Å². The van der Waals surface area contributed by atoms with E-state index in [0.717, 1.165) is 10.5 Å². The number of benzene rings is 4. The first-order chi connectivity index (χ1) is 22.2. The number of hydrogen-bond donors (Lipinski definition) is 3. The van der Waals surface area contributed by atoms with Crippen LogP contribution in [0.5, 0.6) is 0 Å². The fourth-order valence-electron chi connectivity index (χ4n) is 4.02. The Morgan fingerprint density at radius 2 is 1.52 bits per heavy atom. The molecule has 232 valence electrons. The summed E-state index contributed by atoms with van der Waals surface area (Å²) in [5.74, 6) is -1.15. The fourth-order valence-corrected chi connectivity index (χ4v) is 6.46. The predicted octanol–water partition coefficient (Wildman–Crippen LogP) is 9.56. The lowest BCUT2D eigenvalue weighted by Crippen LogP contribution is -2.30. The summed E-state index contributed by atoms with van der Waals surface area (Å²) < 4.78 is 0. The molecule has 5 rings (SSSR count). The van der Waals surface area contributed by atoms with Crippen LogP contribution in [0.15, 0.2) is 107 Å². The number of rotatable bonds is 10. The third kappa shape index (κ3) is 8.91. The second-order valence-electron chi connectivity index (χ2n) is 9.49. The van der Waals surface area contributed by atoms with Crippen molar-refractivity contribution >= 4 is 104 Å². The van der Waals surface area contributed by atoms with Gasteiger partial charge in [-0.1, -0.05) is 70.7 Å². The van der Waals surface area contributed by atoms with Crippen LogP contribution in [0.25, 0.3) is 17.3 Å². The van der Waals surface area contributed by atoms with Gasteiger partial charge < -0.3 is 16.0 Å². The Hall–Kier alpha value is -3.83. The molecular formula is C33H22Cl4N4O3S2. The Labute approximate surface area is 292 Å². The van der Waals surface area contributed by atoms with Crippen molar-refractivity contribution in [2.75, 3.05) is 16.4 Å². The first kappa shape index (κ1) is 33.5. The number of halogens is 4. The van der Waals surface area contributed by atoms with Crippen LogP contribution in [0.2, 0.25) is 20.1 Å². The fraction of sp³-hybridized carbons (Fsp3) is 0.0303. The Kier molecular flexibility index (Phi) is 11.4. The van der Waals surface area contributed by atoms with Gasteiger partial charge in [0.05, 0.1) is 16.5 Å². The third-order valence-corrected chi connectivity index (χ3v) is 9.23. The van der Waals surface area contributed by atoms with E-state index in [2.05, 4.69) is 20.9 Å². The summed E-state index contributed by atoms with van der Waals surface area (Å²) in [5, 5.41) is 12.1. The number of nitrogens with one attached hydrogen (secondary N) is 3. The van der Waals surface area contributed by atoms with E-state index in [1.54, 1.807) is 91.0 Å². The van der Waals surface area contributed by atoms with E-state index in [4.69, 9.17) is 46.4 Å². The zero-order valence-electron chi connectivity index (χ0n) is 23.5. The standard InChI is InChI=1S/C33H22Cl4N4O3S2/c34-20-9-14-23(27(37)15-20)29-17-46-33(40-29)41-30(42)18-45-22-12-10-21(11-13-22)38-32(44)28(16-24-25(35)7-4-8-26(24)36)39-31(43)19-5-2-1-3-6-19/h1-17H,18H2,(H,38,44)(H,39,43)(H,40,41,42)/b28-16-. The molecule has 0 aliphatic heterocycles. The maximum atomic E-state index is 13.3. The zero-order valence-corrected chi connectivity index (χ0v) is 28.2. The van der Waals surface area contributed by atoms with Crippen LogP contribution >= 0.6 is 69.5 Å². The van der Waals surface area contributed by atoms with Crippen molar-refractivity contribution in [3.05, 3.63) is 133 Å². The highest BCUT2D eigenvalue weighted by Gasteiger charge is 2.17. The molecule has 3 amide bonds. The molecule has 0 aliphatic rings. The topological polar surface area (TPSA) is 100 Å². The molecule has 1 aromatic heterocycles. The van der Waals surface area contributed by atoms with Gasteiger partial charge in [0.2, 0.25) is 5.91 Å². The van der Waals surface area contributed by atoms with E-state index in [1.807, 2.05) is 5.38 Å². The van der Waals surface area contributed by atoms with Crippen molar-refractivity contribution in [3.63, 3.8) is 0 Å². The van der Waals surface area contributed by atoms with Gasteiger partial charge in [0, 0.05) is 47.7 Å². The third-order valence-electron chi connectivity index (χ3n) is 6.26. The number of thiazole rings is 1. The van der Waals surface area contributed by atoms with Gasteiger partial charge in [-0.2, -0.15) is 0 Å². The largest absolute Gasteiger partial charge is 0.321 e. The molecule has 0 fully saturated rings. The van der Waals surface area contributed by atoms with Gasteiger partial charge in [-0.05, 0) is 72.8 Å². The van der Waals surface area contributed by atoms with Crippen LogP contribution in [-0.4, -0.2) is 28.5 Å². The summed E-state index contributed by atoms with van der Waals surface area (Å²) in [6.45, 7) is 0. The molecule has 46 heavy (non-hydrogen) atoms. The average Bonchev–Trinajstić information content (AvgIpc) is 3.50. The zero-order chi connectivity index (χ0) is 32.6. The van der Waals surface area contributed by atoms with Crippen molar-refractivity contribution < 1.29 is 14.4 Å². The van der Waals surface area contributed by atoms with Gasteiger partial charge in [-0.25, -0.2) is 4.98 Å². The molecule has 0 bridgehead atoms. The Balaban J connectivity index is 1.21. The summed E-state index contributed by atoms with van der Waals surface area (Å²) in [6.07, 6.45) is 1.43. The van der Waals surface area contributed by atoms with E-state index >= 15 is 0 Å². The van der Waals surface area contributed by atoms with Gasteiger partial charge in [0.1, 0.15) is 5.70 Å². The number of carbonyl (C=O) groups is 3. The maximum absolute atomic E-state index is 13.3. The number of thioether (sulfide) groups is 1. The first-order valence-electron chi connectivity index (χ1n) is 13.4. The monoisotopic (exact) mass is 726 g/mol. The van der Waals surface area contributed by atoms with Gasteiger partial charge in [-0.3, -0.25) is 14.4 Å². The smallest absolute Gasteiger partial charge is 0.272 e. The number of carbonyl (C=O) groups excluding carboxylic acids is 3. The van der Waals surface area contributed by atoms with Crippen molar-refractivity contribution in [3.8, 4) is 11.3 Å². The number of anilines is 2. The number of nitrogens with zero attached hydrogens (tertiary/aromatic N) is 1. The molecule has 0 radical (unpaired) electrons. The van der Waals surface area contributed by atoms with Gasteiger partial charge in [-0.15, -0.1) is 23.1 Å². The second kappa shape index (κ2) is 15.6. The lowest BCUT2D eigenvalue weighted by molar-refractivity contribution is -0.114. The Bertz CT molecular complexity index is 1910. The van der Waals surface area contributed by atoms with Gasteiger partial charge in [0.25, 0.3) is 11.8 Å². The van der Waals surface area contributed by atoms with E-state index < -0.39 is 11.8 Å². The predicted molar refractivity (Wildman–Crippen MR) is 190 cm³/mol. The minimum absolute atomic E-state index is 0.0531. The highest BCUT2D eigenvalue weighted by atomic mass is 35.5. The molecule has 4 aromatic carbocycles. The lowest BCUT2D eigenvalue weighted by atomic mass is 10.1. The molecule has 0 atom stereocenters. The minimum atomic E-state index is -0.581. The highest BCUT2D eigenvalue weighted by molar-refractivity contribution is 8.00. The van der Waals surface area contributed by atoms with Crippen LogP contribution in [0, 0.1) is 0 Å². The van der Waals surface area contributed by atoms with E-state index in [1.165, 1.54) is 29.2 Å². The summed E-state index contributed by atoms with van der Waals surface area (Å²) in [6, 6.07) is 25.5. The quantitative estimate of drug-likeness (QED) is 0.0983. The molecule has 0 saturated carbocycles. The Morgan fingerprint density at radius 1 is 0.804 bits per heavy atom. The van der Waals surface area contributed by atoms with Crippen LogP contribution in [-0.2, 0) is 9.59 Å². The molecular weight excluding hydrogens is 706 g/mol. The molecule has 1 heterocycles. The van der Waals surface area contributed by atoms with Gasteiger partial charge >= 0.3 is 0 Å². The number of aromatic nitrogens is 1. The van der Waals surface area contributed by atoms with Crippen LogP contribution in [0.1, 0.15) is 15.9 Å². The maximum Gasteiger partial charge on any atom is 0.272 e. The summed E-state index contributed by atoms with van der Waals surface area (Å²) in [4.78, 5) is 44.1. The van der Waals surface area contributed by atoms with Crippen molar-refractivity contribution in [2.24, 2.45) is 0 Å². The molecule has 7 nitrogen and oxygen atoms in total. The van der Waals surface area contributed by atoms with Crippen molar-refractivity contribution in [1.82, 2.24) is 10.3 Å². The van der Waals surface area contributed by atoms with Gasteiger partial charge in [0.15, 0.2) is 5.13 Å². The van der Waals surface area contributed by atoms with E-state index in [9.17, 15) is 14.4 Å². The molecule has 3 N–H and O–H groups in total. The van der Waals surface area contributed by atoms with Crippen LogP contribution in [0.4, 0.5) is 10.8 Å². The lowest BCUT2D eigenvalue weighted by Gasteiger charge is -2.13. The highest BCUT2D eigenvalue weighted by Crippen LogP contribution is 2.33. The van der Waals surface area contributed by atoms with E-state index in [0.29, 0.717) is 47.7 Å². The van der Waals surface area contributed by atoms with Crippen LogP contribution in [0.3, 0.4) is 0 Å². The molecule has 0 saturated heterocycles. The second-order valence-corrected chi connectivity index (χ2v) is 13.1. The molecule has 0 unspecified atom stereocenters. The minimum Gasteiger partial charge on any atom is -0.321 e. The normalized spacial score (nSPS) is 11.2.